The van der Waals surface area contributed by atoms with Gasteiger partial charge in [-0.25, -0.2) is 0 Å². The summed E-state index contributed by atoms with van der Waals surface area (Å²) < 4.78 is 0. The highest BCUT2D eigenvalue weighted by Crippen LogP contribution is 2.18. The van der Waals surface area contributed by atoms with Crippen molar-refractivity contribution in [3.63, 3.8) is 0 Å². The SMILES string of the molecule is CC/C=C\C/C=C\C/C=C\C/C=C\C/C=C\C/C=C\C/C=C\CCCCCCCCCCCCCCCC(=O)NC(CO)C(O)/C=C/CCCCCCCCCCCCCCCCCCCCCCCCCCC. The molecule has 2 unspecified atom stereocenters. The maximum Gasteiger partial charge on any atom is 0.220 e. The van der Waals surface area contributed by atoms with Gasteiger partial charge in [-0.1, -0.05) is 336 Å². The van der Waals surface area contributed by atoms with Crippen molar-refractivity contribution in [2.24, 2.45) is 0 Å². The molecule has 2 atom stereocenters. The largest absolute Gasteiger partial charge is 0.394 e. The average Bonchev–Trinajstić information content (AvgIpc) is 3.40. The molecule has 0 aliphatic carbocycles. The Hall–Kier alpha value is -2.69. The van der Waals surface area contributed by atoms with Gasteiger partial charge in [0.2, 0.25) is 5.91 Å². The minimum Gasteiger partial charge on any atom is -0.394 e. The van der Waals surface area contributed by atoms with E-state index in [0.29, 0.717) is 6.42 Å². The summed E-state index contributed by atoms with van der Waals surface area (Å²) in [5.41, 5.74) is 0. The normalized spacial score (nSPS) is 13.4. The standard InChI is InChI=1S/C70H125NO3/c1-3-5-7-9-11-13-15-17-19-21-23-25-27-29-31-32-33-34-35-36-37-38-40-42-44-46-48-50-52-54-56-58-60-62-64-66-70(74)71-68(67-72)69(73)65-63-61-59-57-55-53-51-49-47-45-43-41-39-30-28-26-24-22-20-18-16-14-12-10-8-6-4-2/h5,7,11,13,17,19,23,25,29,31,33-34,36-37,63,65,68-69,72-73H,3-4,6,8-10,12,14-16,18,20-22,24,26-28,30,32,35,38-62,64,66-67H2,1-2H3,(H,71,74)/b7-5-,13-11-,19-17-,25-23-,31-29-,34-33-,37-36-,65-63+. The lowest BCUT2D eigenvalue weighted by Crippen LogP contribution is -2.45. The van der Waals surface area contributed by atoms with E-state index in [-0.39, 0.29) is 12.5 Å². The zero-order chi connectivity index (χ0) is 53.4. The van der Waals surface area contributed by atoms with Crippen LogP contribution in [0.25, 0.3) is 0 Å². The van der Waals surface area contributed by atoms with Gasteiger partial charge in [-0.15, -0.1) is 0 Å². The van der Waals surface area contributed by atoms with Gasteiger partial charge >= 0.3 is 0 Å². The zero-order valence-corrected chi connectivity index (χ0v) is 49.3. The van der Waals surface area contributed by atoms with Crippen molar-refractivity contribution in [1.29, 1.82) is 0 Å². The van der Waals surface area contributed by atoms with Gasteiger partial charge < -0.3 is 15.5 Å². The summed E-state index contributed by atoms with van der Waals surface area (Å²) in [6.45, 7) is 4.22. The number of carbonyl (C=O) groups excluding carboxylic acids is 1. The van der Waals surface area contributed by atoms with Gasteiger partial charge in [-0.2, -0.15) is 0 Å². The van der Waals surface area contributed by atoms with Crippen LogP contribution >= 0.6 is 0 Å². The second-order valence-electron chi connectivity index (χ2n) is 21.8. The van der Waals surface area contributed by atoms with Crippen LogP contribution in [0, 0.1) is 0 Å². The lowest BCUT2D eigenvalue weighted by molar-refractivity contribution is -0.123. The van der Waals surface area contributed by atoms with Gasteiger partial charge in [0.25, 0.3) is 0 Å². The summed E-state index contributed by atoms with van der Waals surface area (Å²) in [6, 6.07) is -0.630. The van der Waals surface area contributed by atoms with Crippen molar-refractivity contribution in [2.45, 2.75) is 334 Å². The van der Waals surface area contributed by atoms with E-state index in [0.717, 1.165) is 70.6 Å². The van der Waals surface area contributed by atoms with Crippen molar-refractivity contribution >= 4 is 5.91 Å². The zero-order valence-electron chi connectivity index (χ0n) is 49.3. The molecule has 3 N–H and O–H groups in total. The molecule has 4 heteroatoms. The molecule has 0 heterocycles. The molecule has 0 aromatic heterocycles. The predicted octanol–water partition coefficient (Wildman–Crippen LogP) is 22.0. The molecule has 0 aromatic carbocycles. The number of allylic oxidation sites excluding steroid dienone is 15. The predicted molar refractivity (Wildman–Crippen MR) is 331 cm³/mol. The first kappa shape index (κ1) is 71.3. The lowest BCUT2D eigenvalue weighted by Gasteiger charge is -2.20. The Labute approximate surface area is 462 Å². The fourth-order valence-corrected chi connectivity index (χ4v) is 9.69. The number of nitrogens with one attached hydrogen (secondary N) is 1. The van der Waals surface area contributed by atoms with E-state index in [1.165, 1.54) is 231 Å². The smallest absolute Gasteiger partial charge is 0.220 e. The lowest BCUT2D eigenvalue weighted by atomic mass is 10.0. The average molecular weight is 1030 g/mol. The molecule has 0 radical (unpaired) electrons. The highest BCUT2D eigenvalue weighted by molar-refractivity contribution is 5.76. The summed E-state index contributed by atoms with van der Waals surface area (Å²) in [5.74, 6) is -0.0648. The number of hydrogen-bond donors (Lipinski definition) is 3. The third-order valence-corrected chi connectivity index (χ3v) is 14.6. The molecule has 0 saturated heterocycles. The molecular weight excluding hydrogens is 903 g/mol. The molecule has 0 rings (SSSR count). The topological polar surface area (TPSA) is 69.6 Å². The maximum absolute atomic E-state index is 12.5. The molecule has 0 aliphatic heterocycles. The van der Waals surface area contributed by atoms with E-state index in [9.17, 15) is 15.0 Å². The highest BCUT2D eigenvalue weighted by atomic mass is 16.3. The summed E-state index contributed by atoms with van der Waals surface area (Å²) in [5, 5.41) is 23.3. The molecule has 4 nitrogen and oxygen atoms in total. The molecule has 0 aliphatic rings. The number of unbranched alkanes of at least 4 members (excludes halogenated alkanes) is 38. The van der Waals surface area contributed by atoms with Crippen molar-refractivity contribution in [1.82, 2.24) is 5.32 Å². The van der Waals surface area contributed by atoms with E-state index in [2.05, 4.69) is 104 Å². The van der Waals surface area contributed by atoms with Crippen molar-refractivity contribution in [2.75, 3.05) is 6.61 Å². The summed E-state index contributed by atoms with van der Waals surface area (Å²) in [4.78, 5) is 12.5. The number of aliphatic hydroxyl groups excluding tert-OH is 2. The number of rotatable bonds is 59. The quantitative estimate of drug-likeness (QED) is 0.0420. The summed E-state index contributed by atoms with van der Waals surface area (Å²) in [6.07, 6.45) is 96.0. The number of carbonyl (C=O) groups is 1. The minimum atomic E-state index is -0.846. The second-order valence-corrected chi connectivity index (χ2v) is 21.8. The van der Waals surface area contributed by atoms with Gasteiger partial charge in [-0.05, 0) is 77.0 Å². The van der Waals surface area contributed by atoms with Crippen LogP contribution in [-0.4, -0.2) is 34.9 Å². The minimum absolute atomic E-state index is 0.0648. The van der Waals surface area contributed by atoms with Crippen LogP contribution in [0.15, 0.2) is 97.2 Å². The Bertz CT molecular complexity index is 1350. The first-order valence-corrected chi connectivity index (χ1v) is 32.5. The molecule has 1 amide bonds. The summed E-state index contributed by atoms with van der Waals surface area (Å²) in [7, 11) is 0. The van der Waals surface area contributed by atoms with E-state index in [1.54, 1.807) is 6.08 Å². The Kier molecular flexibility index (Phi) is 62.2. The van der Waals surface area contributed by atoms with E-state index in [4.69, 9.17) is 0 Å². The van der Waals surface area contributed by atoms with E-state index >= 15 is 0 Å². The third-order valence-electron chi connectivity index (χ3n) is 14.6. The van der Waals surface area contributed by atoms with Crippen LogP contribution in [0.4, 0.5) is 0 Å². The number of hydrogen-bond acceptors (Lipinski definition) is 3. The molecular formula is C70H125NO3. The number of aliphatic hydroxyl groups is 2. The molecule has 0 fully saturated rings. The first-order chi connectivity index (χ1) is 36.7. The highest BCUT2D eigenvalue weighted by Gasteiger charge is 2.18. The van der Waals surface area contributed by atoms with Crippen LogP contribution in [0.1, 0.15) is 322 Å². The van der Waals surface area contributed by atoms with Crippen LogP contribution in [0.5, 0.6) is 0 Å². The van der Waals surface area contributed by atoms with E-state index < -0.39 is 12.1 Å². The van der Waals surface area contributed by atoms with Crippen molar-refractivity contribution < 1.29 is 15.0 Å². The molecule has 0 saturated carbocycles. The summed E-state index contributed by atoms with van der Waals surface area (Å²) >= 11 is 0. The maximum atomic E-state index is 12.5. The third kappa shape index (κ3) is 60.2. The van der Waals surface area contributed by atoms with Gasteiger partial charge in [-0.3, -0.25) is 4.79 Å². The van der Waals surface area contributed by atoms with Crippen molar-refractivity contribution in [3.05, 3.63) is 97.2 Å². The van der Waals surface area contributed by atoms with Gasteiger partial charge in [0.1, 0.15) is 0 Å². The Balaban J connectivity index is 3.51. The monoisotopic (exact) mass is 1030 g/mol. The molecule has 0 spiro atoms. The van der Waals surface area contributed by atoms with Crippen LogP contribution in [0.2, 0.25) is 0 Å². The van der Waals surface area contributed by atoms with Gasteiger partial charge in [0, 0.05) is 6.42 Å². The van der Waals surface area contributed by atoms with Crippen LogP contribution in [0.3, 0.4) is 0 Å². The fourth-order valence-electron chi connectivity index (χ4n) is 9.69. The van der Waals surface area contributed by atoms with Gasteiger partial charge in [0.05, 0.1) is 18.8 Å². The molecule has 428 valence electrons. The Morgan fingerprint density at radius 2 is 0.595 bits per heavy atom. The molecule has 0 aromatic rings. The van der Waals surface area contributed by atoms with Crippen LogP contribution in [-0.2, 0) is 4.79 Å². The second kappa shape index (κ2) is 64.6. The Morgan fingerprint density at radius 3 is 0.892 bits per heavy atom. The van der Waals surface area contributed by atoms with Crippen molar-refractivity contribution in [3.8, 4) is 0 Å². The molecule has 0 bridgehead atoms. The fraction of sp³-hybridized carbons (Fsp3) is 0.757. The van der Waals surface area contributed by atoms with Gasteiger partial charge in [0.15, 0.2) is 0 Å². The molecule has 74 heavy (non-hydrogen) atoms. The number of amides is 1. The first-order valence-electron chi connectivity index (χ1n) is 32.5. The van der Waals surface area contributed by atoms with Crippen LogP contribution < -0.4 is 5.32 Å². The van der Waals surface area contributed by atoms with E-state index in [1.807, 2.05) is 6.08 Å². The Morgan fingerprint density at radius 1 is 0.338 bits per heavy atom.